The first kappa shape index (κ1) is 21.8. The average molecular weight is 445 g/mol. The number of non-ortho nitro benzene ring substituents is 1. The molecule has 1 amide bonds. The number of rotatable bonds is 7. The van der Waals surface area contributed by atoms with Gasteiger partial charge in [0.25, 0.3) is 11.6 Å². The summed E-state index contributed by atoms with van der Waals surface area (Å²) in [4.78, 5) is 25.1. The number of benzene rings is 2. The first-order valence-electron chi connectivity index (χ1n) is 9.21. The molecule has 1 heterocycles. The quantitative estimate of drug-likeness (QED) is 0.252. The Balaban J connectivity index is 1.85. The Kier molecular flexibility index (Phi) is 6.73. The smallest absolute Gasteiger partial charge is 0.270 e. The van der Waals surface area contributed by atoms with E-state index in [1.165, 1.54) is 40.9 Å². The number of carbonyl (C=O) groups excluding carboxylic acids is 1. The molecule has 7 nitrogen and oxygen atoms in total. The third kappa shape index (κ3) is 4.63. The molecular weight excluding hydrogens is 424 g/mol. The van der Waals surface area contributed by atoms with Crippen molar-refractivity contribution in [2.24, 2.45) is 0 Å². The number of ether oxygens (including phenoxy) is 2. The molecule has 0 aromatic heterocycles. The third-order valence-corrected chi connectivity index (χ3v) is 5.80. The Bertz CT molecular complexity index is 1020. The lowest BCUT2D eigenvalue weighted by molar-refractivity contribution is -0.384. The molecular formula is C21H20N2O5S2. The summed E-state index contributed by atoms with van der Waals surface area (Å²) in [5, 5.41) is 10.8. The molecule has 9 heteroatoms. The van der Waals surface area contributed by atoms with Crippen molar-refractivity contribution < 1.29 is 19.2 Å². The Morgan fingerprint density at radius 3 is 2.53 bits per heavy atom. The van der Waals surface area contributed by atoms with E-state index in [-0.39, 0.29) is 17.7 Å². The first-order valence-corrected chi connectivity index (χ1v) is 10.4. The molecule has 0 spiro atoms. The van der Waals surface area contributed by atoms with Gasteiger partial charge >= 0.3 is 0 Å². The van der Waals surface area contributed by atoms with Crippen molar-refractivity contribution in [3.05, 3.63) is 63.0 Å². The van der Waals surface area contributed by atoms with Crippen molar-refractivity contribution in [2.75, 3.05) is 12.0 Å². The Morgan fingerprint density at radius 2 is 1.93 bits per heavy atom. The van der Waals surface area contributed by atoms with Gasteiger partial charge in [-0.2, -0.15) is 0 Å². The normalized spacial score (nSPS) is 16.1. The van der Waals surface area contributed by atoms with Gasteiger partial charge in [-0.1, -0.05) is 37.0 Å². The lowest BCUT2D eigenvalue weighted by atomic mass is 10.1. The van der Waals surface area contributed by atoms with Crippen molar-refractivity contribution >= 4 is 51.7 Å². The highest BCUT2D eigenvalue weighted by molar-refractivity contribution is 8.27. The molecule has 0 bridgehead atoms. The predicted octanol–water partition coefficient (Wildman–Crippen LogP) is 5.19. The zero-order chi connectivity index (χ0) is 21.8. The number of nitro groups is 1. The van der Waals surface area contributed by atoms with Gasteiger partial charge in [-0.25, -0.2) is 0 Å². The lowest BCUT2D eigenvalue weighted by Crippen LogP contribution is -2.27. The maximum Gasteiger partial charge on any atom is 0.270 e. The maximum atomic E-state index is 12.9. The van der Waals surface area contributed by atoms with Gasteiger partial charge in [-0.05, 0) is 49.2 Å². The largest absolute Gasteiger partial charge is 0.493 e. The van der Waals surface area contributed by atoms with Crippen molar-refractivity contribution in [1.29, 1.82) is 0 Å². The second kappa shape index (κ2) is 9.27. The van der Waals surface area contributed by atoms with Crippen LogP contribution in [-0.4, -0.2) is 28.4 Å². The number of thioether (sulfide) groups is 1. The number of hydrogen-bond donors (Lipinski definition) is 0. The minimum absolute atomic E-state index is 0.0495. The van der Waals surface area contributed by atoms with E-state index in [0.29, 0.717) is 26.4 Å². The molecule has 0 aliphatic carbocycles. The van der Waals surface area contributed by atoms with Crippen LogP contribution in [0.15, 0.2) is 47.4 Å². The van der Waals surface area contributed by atoms with Gasteiger partial charge in [0.05, 0.1) is 28.7 Å². The van der Waals surface area contributed by atoms with Gasteiger partial charge in [0.1, 0.15) is 0 Å². The third-order valence-electron chi connectivity index (χ3n) is 4.50. The van der Waals surface area contributed by atoms with Gasteiger partial charge in [-0.3, -0.25) is 19.8 Å². The van der Waals surface area contributed by atoms with Crippen LogP contribution in [0.25, 0.3) is 6.08 Å². The van der Waals surface area contributed by atoms with Crippen LogP contribution < -0.4 is 14.4 Å². The highest BCUT2D eigenvalue weighted by Gasteiger charge is 2.33. The van der Waals surface area contributed by atoms with Crippen LogP contribution in [0.4, 0.5) is 11.4 Å². The van der Waals surface area contributed by atoms with E-state index in [1.54, 1.807) is 19.3 Å². The van der Waals surface area contributed by atoms with Crippen LogP contribution in [0.3, 0.4) is 0 Å². The second-order valence-electron chi connectivity index (χ2n) is 6.54. The summed E-state index contributed by atoms with van der Waals surface area (Å²) >= 11 is 6.53. The number of thiocarbonyl (C=S) groups is 1. The summed E-state index contributed by atoms with van der Waals surface area (Å²) in [5.74, 6) is 0.940. The van der Waals surface area contributed by atoms with Crippen LogP contribution >= 0.6 is 24.0 Å². The minimum atomic E-state index is -0.490. The fourth-order valence-electron chi connectivity index (χ4n) is 2.74. The molecule has 1 aliphatic rings. The highest BCUT2D eigenvalue weighted by Crippen LogP contribution is 2.37. The number of hydrogen-bond acceptors (Lipinski definition) is 7. The standard InChI is InChI=1S/C21H20N2O5S2/c1-4-13(2)28-17-10-5-14(11-18(17)27-3)12-19-20(24)22(21(29)30-19)15-6-8-16(9-7-15)23(25)26/h5-13H,4H2,1-3H3/b19-12+/t13-/m0/s1. The SMILES string of the molecule is CC[C@H](C)Oc1ccc(/C=C2/SC(=S)N(c3ccc([N+](=O)[O-])cc3)C2=O)cc1OC. The number of anilines is 1. The predicted molar refractivity (Wildman–Crippen MR) is 122 cm³/mol. The zero-order valence-electron chi connectivity index (χ0n) is 16.7. The molecule has 0 radical (unpaired) electrons. The molecule has 1 fully saturated rings. The molecule has 2 aromatic carbocycles. The molecule has 30 heavy (non-hydrogen) atoms. The Hall–Kier alpha value is -2.91. The van der Waals surface area contributed by atoms with Crippen LogP contribution in [0.1, 0.15) is 25.8 Å². The monoisotopic (exact) mass is 444 g/mol. The van der Waals surface area contributed by atoms with E-state index < -0.39 is 4.92 Å². The molecule has 2 aromatic rings. The molecule has 0 unspecified atom stereocenters. The Morgan fingerprint density at radius 1 is 1.23 bits per heavy atom. The van der Waals surface area contributed by atoms with E-state index in [4.69, 9.17) is 21.7 Å². The zero-order valence-corrected chi connectivity index (χ0v) is 18.3. The van der Waals surface area contributed by atoms with E-state index in [9.17, 15) is 14.9 Å². The van der Waals surface area contributed by atoms with Gasteiger partial charge in [-0.15, -0.1) is 0 Å². The molecule has 156 valence electrons. The molecule has 1 aliphatic heterocycles. The average Bonchev–Trinajstić information content (AvgIpc) is 3.01. The fourth-order valence-corrected chi connectivity index (χ4v) is 4.04. The van der Waals surface area contributed by atoms with Crippen LogP contribution in [0, 0.1) is 10.1 Å². The lowest BCUT2D eigenvalue weighted by Gasteiger charge is -2.16. The van der Waals surface area contributed by atoms with Crippen LogP contribution in [0.5, 0.6) is 11.5 Å². The number of carbonyl (C=O) groups is 1. The Labute approximate surface area is 183 Å². The summed E-state index contributed by atoms with van der Waals surface area (Å²) in [5.41, 5.74) is 1.21. The van der Waals surface area contributed by atoms with E-state index in [2.05, 4.69) is 0 Å². The van der Waals surface area contributed by atoms with Gasteiger partial charge in [0, 0.05) is 12.1 Å². The molecule has 0 N–H and O–H groups in total. The van der Waals surface area contributed by atoms with Crippen molar-refractivity contribution in [3.8, 4) is 11.5 Å². The van der Waals surface area contributed by atoms with Gasteiger partial charge in [0.15, 0.2) is 15.8 Å². The molecule has 1 saturated heterocycles. The van der Waals surface area contributed by atoms with E-state index in [0.717, 1.165) is 12.0 Å². The maximum absolute atomic E-state index is 12.9. The van der Waals surface area contributed by atoms with Crippen LogP contribution in [0.2, 0.25) is 0 Å². The van der Waals surface area contributed by atoms with E-state index >= 15 is 0 Å². The number of methoxy groups -OCH3 is 1. The van der Waals surface area contributed by atoms with Crippen LogP contribution in [-0.2, 0) is 4.79 Å². The summed E-state index contributed by atoms with van der Waals surface area (Å²) in [6.07, 6.45) is 2.67. The second-order valence-corrected chi connectivity index (χ2v) is 8.21. The number of nitro benzene ring substituents is 1. The molecule has 0 saturated carbocycles. The van der Waals surface area contributed by atoms with Gasteiger partial charge in [0.2, 0.25) is 0 Å². The number of amides is 1. The van der Waals surface area contributed by atoms with Crippen molar-refractivity contribution in [2.45, 2.75) is 26.4 Å². The molecule has 1 atom stereocenters. The van der Waals surface area contributed by atoms with E-state index in [1.807, 2.05) is 26.0 Å². The fraction of sp³-hybridized carbons (Fsp3) is 0.238. The summed E-state index contributed by atoms with van der Waals surface area (Å²) in [7, 11) is 1.57. The van der Waals surface area contributed by atoms with Crippen molar-refractivity contribution in [1.82, 2.24) is 0 Å². The minimum Gasteiger partial charge on any atom is -0.493 e. The summed E-state index contributed by atoms with van der Waals surface area (Å²) in [6.45, 7) is 4.02. The van der Waals surface area contributed by atoms with Crippen molar-refractivity contribution in [3.63, 3.8) is 0 Å². The topological polar surface area (TPSA) is 81.9 Å². The van der Waals surface area contributed by atoms with Gasteiger partial charge < -0.3 is 9.47 Å². The molecule has 3 rings (SSSR count). The summed E-state index contributed by atoms with van der Waals surface area (Å²) < 4.78 is 11.6. The summed E-state index contributed by atoms with van der Waals surface area (Å²) in [6, 6.07) is 11.2. The highest BCUT2D eigenvalue weighted by atomic mass is 32.2. The first-order chi connectivity index (χ1) is 14.3. The number of nitrogens with zero attached hydrogens (tertiary/aromatic N) is 2.